The van der Waals surface area contributed by atoms with Crippen LogP contribution in [0, 0.1) is 6.92 Å². The third-order valence-corrected chi connectivity index (χ3v) is 2.91. The van der Waals surface area contributed by atoms with Gasteiger partial charge in [0.15, 0.2) is 0 Å². The molecule has 0 atom stereocenters. The molecule has 1 aromatic carbocycles. The van der Waals surface area contributed by atoms with Gasteiger partial charge < -0.3 is 5.73 Å². The summed E-state index contributed by atoms with van der Waals surface area (Å²) in [5, 5.41) is 0. The maximum Gasteiger partial charge on any atom is 0.274 e. The first-order valence-electron chi connectivity index (χ1n) is 4.32. The molecule has 0 aliphatic rings. The Morgan fingerprint density at radius 3 is 2.57 bits per heavy atom. The Kier molecular flexibility index (Phi) is 3.61. The maximum absolute atomic E-state index is 13.4. The zero-order valence-electron chi connectivity index (χ0n) is 7.86. The molecule has 0 fully saturated rings. The molecule has 0 amide bonds. The van der Waals surface area contributed by atoms with E-state index in [1.54, 1.807) is 6.07 Å². The predicted molar refractivity (Wildman–Crippen MR) is 56.4 cm³/mol. The van der Waals surface area contributed by atoms with E-state index in [1.807, 2.05) is 6.92 Å². The Morgan fingerprint density at radius 2 is 2.07 bits per heavy atom. The van der Waals surface area contributed by atoms with E-state index in [4.69, 9.17) is 5.73 Å². The molecular weight excluding hydrogens is 252 g/mol. The lowest BCUT2D eigenvalue weighted by Crippen LogP contribution is -2.18. The van der Waals surface area contributed by atoms with E-state index >= 15 is 0 Å². The lowest BCUT2D eigenvalue weighted by Gasteiger charge is -2.16. The zero-order valence-corrected chi connectivity index (χ0v) is 9.44. The summed E-state index contributed by atoms with van der Waals surface area (Å²) in [5.74, 6) is -2.83. The standard InChI is InChI=1S/C10H12BrF2N/c1-7-2-3-8(6-9(7)11)10(12,13)4-5-14/h2-3,6H,4-5,14H2,1H3. The zero-order chi connectivity index (χ0) is 10.8. The van der Waals surface area contributed by atoms with Crippen LogP contribution in [-0.4, -0.2) is 6.54 Å². The first kappa shape index (κ1) is 11.6. The Morgan fingerprint density at radius 1 is 1.43 bits per heavy atom. The van der Waals surface area contributed by atoms with Crippen LogP contribution in [0.4, 0.5) is 8.78 Å². The number of halogens is 3. The predicted octanol–water partition coefficient (Wildman–Crippen LogP) is 3.20. The van der Waals surface area contributed by atoms with Gasteiger partial charge in [-0.1, -0.05) is 28.1 Å². The SMILES string of the molecule is Cc1ccc(C(F)(F)CCN)cc1Br. The number of alkyl halides is 2. The fourth-order valence-electron chi connectivity index (χ4n) is 1.15. The van der Waals surface area contributed by atoms with Gasteiger partial charge in [0.25, 0.3) is 5.92 Å². The molecule has 0 aliphatic carbocycles. The average Bonchev–Trinajstić information content (AvgIpc) is 2.09. The molecule has 4 heteroatoms. The largest absolute Gasteiger partial charge is 0.330 e. The Balaban J connectivity index is 3.01. The number of aryl methyl sites for hydroxylation is 1. The topological polar surface area (TPSA) is 26.0 Å². The molecule has 0 saturated carbocycles. The summed E-state index contributed by atoms with van der Waals surface area (Å²) in [6.45, 7) is 1.84. The highest BCUT2D eigenvalue weighted by Gasteiger charge is 2.30. The summed E-state index contributed by atoms with van der Waals surface area (Å²) in [7, 11) is 0. The fourth-order valence-corrected chi connectivity index (χ4v) is 1.52. The van der Waals surface area contributed by atoms with Crippen molar-refractivity contribution >= 4 is 15.9 Å². The molecule has 0 spiro atoms. The van der Waals surface area contributed by atoms with Gasteiger partial charge in [-0.25, -0.2) is 8.78 Å². The average molecular weight is 264 g/mol. The smallest absolute Gasteiger partial charge is 0.274 e. The second kappa shape index (κ2) is 4.36. The molecule has 0 aromatic heterocycles. The van der Waals surface area contributed by atoms with E-state index in [-0.39, 0.29) is 18.5 Å². The molecule has 0 unspecified atom stereocenters. The van der Waals surface area contributed by atoms with Gasteiger partial charge in [-0.05, 0) is 25.1 Å². The lowest BCUT2D eigenvalue weighted by atomic mass is 10.0. The summed E-state index contributed by atoms with van der Waals surface area (Å²) < 4.78 is 27.4. The fraction of sp³-hybridized carbons (Fsp3) is 0.400. The Labute approximate surface area is 90.4 Å². The second-order valence-electron chi connectivity index (χ2n) is 3.21. The minimum absolute atomic E-state index is 0.0143. The monoisotopic (exact) mass is 263 g/mol. The van der Waals surface area contributed by atoms with Gasteiger partial charge in [0, 0.05) is 16.5 Å². The van der Waals surface area contributed by atoms with Crippen LogP contribution >= 0.6 is 15.9 Å². The summed E-state index contributed by atoms with van der Waals surface area (Å²) in [5.41, 5.74) is 6.08. The third kappa shape index (κ3) is 2.51. The van der Waals surface area contributed by atoms with E-state index in [1.165, 1.54) is 12.1 Å². The van der Waals surface area contributed by atoms with Crippen LogP contribution in [0.2, 0.25) is 0 Å². The van der Waals surface area contributed by atoms with E-state index in [0.29, 0.717) is 4.47 Å². The molecule has 1 nitrogen and oxygen atoms in total. The van der Waals surface area contributed by atoms with Gasteiger partial charge in [0.1, 0.15) is 0 Å². The van der Waals surface area contributed by atoms with Crippen molar-refractivity contribution < 1.29 is 8.78 Å². The summed E-state index contributed by atoms with van der Waals surface area (Å²) in [6.07, 6.45) is -0.317. The van der Waals surface area contributed by atoms with Gasteiger partial charge in [0.05, 0.1) is 0 Å². The van der Waals surface area contributed by atoms with Crippen LogP contribution in [0.15, 0.2) is 22.7 Å². The van der Waals surface area contributed by atoms with E-state index in [2.05, 4.69) is 15.9 Å². The quantitative estimate of drug-likeness (QED) is 0.891. The lowest BCUT2D eigenvalue weighted by molar-refractivity contribution is -0.0107. The molecule has 2 N–H and O–H groups in total. The minimum Gasteiger partial charge on any atom is -0.330 e. The maximum atomic E-state index is 13.4. The molecule has 0 aliphatic heterocycles. The molecule has 0 bridgehead atoms. The van der Waals surface area contributed by atoms with Crippen LogP contribution in [-0.2, 0) is 5.92 Å². The molecule has 14 heavy (non-hydrogen) atoms. The molecule has 78 valence electrons. The van der Waals surface area contributed by atoms with Gasteiger partial charge in [-0.15, -0.1) is 0 Å². The van der Waals surface area contributed by atoms with E-state index in [0.717, 1.165) is 5.56 Å². The van der Waals surface area contributed by atoms with Crippen molar-refractivity contribution in [3.05, 3.63) is 33.8 Å². The van der Waals surface area contributed by atoms with Crippen molar-refractivity contribution in [2.24, 2.45) is 5.73 Å². The van der Waals surface area contributed by atoms with Gasteiger partial charge >= 0.3 is 0 Å². The molecule has 0 radical (unpaired) electrons. The highest BCUT2D eigenvalue weighted by Crippen LogP contribution is 2.33. The summed E-state index contributed by atoms with van der Waals surface area (Å²) >= 11 is 3.23. The van der Waals surface area contributed by atoms with Crippen molar-refractivity contribution in [2.75, 3.05) is 6.54 Å². The Hall–Kier alpha value is -0.480. The highest BCUT2D eigenvalue weighted by atomic mass is 79.9. The molecular formula is C10H12BrF2N. The van der Waals surface area contributed by atoms with E-state index < -0.39 is 5.92 Å². The van der Waals surface area contributed by atoms with Crippen molar-refractivity contribution in [1.29, 1.82) is 0 Å². The van der Waals surface area contributed by atoms with Gasteiger partial charge in [-0.3, -0.25) is 0 Å². The van der Waals surface area contributed by atoms with Crippen molar-refractivity contribution in [2.45, 2.75) is 19.3 Å². The van der Waals surface area contributed by atoms with Crippen molar-refractivity contribution in [3.63, 3.8) is 0 Å². The third-order valence-electron chi connectivity index (χ3n) is 2.05. The number of benzene rings is 1. The number of hydrogen-bond acceptors (Lipinski definition) is 1. The molecule has 0 heterocycles. The number of rotatable bonds is 3. The van der Waals surface area contributed by atoms with Crippen LogP contribution in [0.25, 0.3) is 0 Å². The van der Waals surface area contributed by atoms with E-state index in [9.17, 15) is 8.78 Å². The first-order chi connectivity index (χ1) is 6.47. The van der Waals surface area contributed by atoms with Crippen molar-refractivity contribution in [1.82, 2.24) is 0 Å². The number of hydrogen-bond donors (Lipinski definition) is 1. The minimum atomic E-state index is -2.83. The summed E-state index contributed by atoms with van der Waals surface area (Å²) in [6, 6.07) is 4.56. The van der Waals surface area contributed by atoms with Crippen LogP contribution < -0.4 is 5.73 Å². The van der Waals surface area contributed by atoms with Crippen LogP contribution in [0.3, 0.4) is 0 Å². The van der Waals surface area contributed by atoms with Crippen molar-refractivity contribution in [3.8, 4) is 0 Å². The van der Waals surface area contributed by atoms with Crippen LogP contribution in [0.5, 0.6) is 0 Å². The van der Waals surface area contributed by atoms with Gasteiger partial charge in [0.2, 0.25) is 0 Å². The Bertz CT molecular complexity index is 326. The molecule has 1 aromatic rings. The second-order valence-corrected chi connectivity index (χ2v) is 4.06. The van der Waals surface area contributed by atoms with Gasteiger partial charge in [-0.2, -0.15) is 0 Å². The normalized spacial score (nSPS) is 11.8. The van der Waals surface area contributed by atoms with Crippen LogP contribution in [0.1, 0.15) is 17.5 Å². The molecule has 1 rings (SSSR count). The highest BCUT2D eigenvalue weighted by molar-refractivity contribution is 9.10. The molecule has 0 saturated heterocycles. The summed E-state index contributed by atoms with van der Waals surface area (Å²) in [4.78, 5) is 0. The first-order valence-corrected chi connectivity index (χ1v) is 5.11. The number of nitrogens with two attached hydrogens (primary N) is 1.